The number of nitrogens with zero attached hydrogens (tertiary/aromatic N) is 4. The molecule has 1 N–H and O–H groups in total. The minimum atomic E-state index is -4.55. The van der Waals surface area contributed by atoms with E-state index in [9.17, 15) is 22.8 Å². The van der Waals surface area contributed by atoms with Crippen LogP contribution in [0, 0.1) is 0 Å². The molecule has 4 rings (SSSR count). The van der Waals surface area contributed by atoms with Crippen LogP contribution in [0.1, 0.15) is 31.3 Å². The van der Waals surface area contributed by atoms with Crippen molar-refractivity contribution in [2.75, 3.05) is 39.1 Å². The summed E-state index contributed by atoms with van der Waals surface area (Å²) in [5, 5.41) is 3.01. The number of alkyl halides is 3. The van der Waals surface area contributed by atoms with Crippen LogP contribution in [0.15, 0.2) is 77.6 Å². The van der Waals surface area contributed by atoms with Crippen molar-refractivity contribution in [3.8, 4) is 11.4 Å². The van der Waals surface area contributed by atoms with E-state index in [4.69, 9.17) is 9.72 Å². The van der Waals surface area contributed by atoms with Gasteiger partial charge in [-0.1, -0.05) is 18.2 Å². The molecule has 0 aliphatic heterocycles. The first kappa shape index (κ1) is 29.6. The first-order valence-corrected chi connectivity index (χ1v) is 13.1. The fraction of sp³-hybridized carbons (Fsp3) is 0.300. The predicted molar refractivity (Wildman–Crippen MR) is 153 cm³/mol. The molecular weight excluding hydrogens is 535 g/mol. The molecule has 0 spiro atoms. The lowest BCUT2D eigenvalue weighted by Gasteiger charge is -2.31. The van der Waals surface area contributed by atoms with Crippen molar-refractivity contribution in [2.24, 2.45) is 0 Å². The molecule has 0 aliphatic carbocycles. The van der Waals surface area contributed by atoms with Gasteiger partial charge in [0.2, 0.25) is 0 Å². The third kappa shape index (κ3) is 6.86. The van der Waals surface area contributed by atoms with Gasteiger partial charge >= 0.3 is 12.2 Å². The first-order chi connectivity index (χ1) is 19.5. The first-order valence-electron chi connectivity index (χ1n) is 13.1. The van der Waals surface area contributed by atoms with E-state index in [1.54, 1.807) is 55.5 Å². The Morgan fingerprint density at radius 2 is 1.73 bits per heavy atom. The lowest BCUT2D eigenvalue weighted by atomic mass is 10.1. The fourth-order valence-corrected chi connectivity index (χ4v) is 4.42. The van der Waals surface area contributed by atoms with Crippen LogP contribution in [0.5, 0.6) is 5.75 Å². The SMILES string of the molecule is CCOc1ccc(-n2c(C(C)N(CCN(C)C)C(=O)Nc3cccc(C(F)(F)F)c3)nc3ccccc3c2=O)cc1. The Kier molecular flexibility index (Phi) is 8.97. The highest BCUT2D eigenvalue weighted by Gasteiger charge is 2.31. The number of amides is 2. The molecule has 216 valence electrons. The van der Waals surface area contributed by atoms with Gasteiger partial charge in [-0.15, -0.1) is 0 Å². The zero-order chi connectivity index (χ0) is 29.7. The zero-order valence-corrected chi connectivity index (χ0v) is 23.3. The van der Waals surface area contributed by atoms with E-state index in [0.717, 1.165) is 12.1 Å². The van der Waals surface area contributed by atoms with Gasteiger partial charge < -0.3 is 19.9 Å². The Bertz CT molecular complexity index is 1570. The summed E-state index contributed by atoms with van der Waals surface area (Å²) in [6.45, 7) is 4.77. The number of para-hydroxylation sites is 1. The Morgan fingerprint density at radius 3 is 2.39 bits per heavy atom. The summed E-state index contributed by atoms with van der Waals surface area (Å²) in [5.41, 5.74) is -0.185. The number of hydrogen-bond acceptors (Lipinski definition) is 5. The molecule has 0 radical (unpaired) electrons. The topological polar surface area (TPSA) is 79.7 Å². The van der Waals surface area contributed by atoms with Gasteiger partial charge in [-0.3, -0.25) is 9.36 Å². The summed E-state index contributed by atoms with van der Waals surface area (Å²) in [4.78, 5) is 35.5. The summed E-state index contributed by atoms with van der Waals surface area (Å²) in [6.07, 6.45) is -4.55. The van der Waals surface area contributed by atoms with E-state index in [1.807, 2.05) is 25.9 Å². The largest absolute Gasteiger partial charge is 0.494 e. The molecule has 1 atom stereocenters. The second kappa shape index (κ2) is 12.4. The van der Waals surface area contributed by atoms with Crippen molar-refractivity contribution in [1.29, 1.82) is 0 Å². The summed E-state index contributed by atoms with van der Waals surface area (Å²) >= 11 is 0. The molecule has 1 unspecified atom stereocenters. The van der Waals surface area contributed by atoms with Gasteiger partial charge in [-0.05, 0) is 82.5 Å². The van der Waals surface area contributed by atoms with Crippen molar-refractivity contribution in [2.45, 2.75) is 26.1 Å². The average Bonchev–Trinajstić information content (AvgIpc) is 2.93. The maximum atomic E-state index is 13.8. The summed E-state index contributed by atoms with van der Waals surface area (Å²) < 4.78 is 46.9. The summed E-state index contributed by atoms with van der Waals surface area (Å²) in [7, 11) is 3.69. The molecule has 2 amide bonds. The number of likely N-dealkylation sites (N-methyl/N-ethyl adjacent to an activating group) is 1. The van der Waals surface area contributed by atoms with Crippen molar-refractivity contribution in [3.05, 3.63) is 94.5 Å². The van der Waals surface area contributed by atoms with E-state index < -0.39 is 23.8 Å². The number of aromatic nitrogens is 2. The van der Waals surface area contributed by atoms with E-state index in [2.05, 4.69) is 5.32 Å². The molecule has 11 heteroatoms. The van der Waals surface area contributed by atoms with E-state index in [-0.39, 0.29) is 17.8 Å². The molecule has 1 aromatic heterocycles. The number of benzene rings is 3. The Labute approximate surface area is 236 Å². The number of urea groups is 1. The maximum absolute atomic E-state index is 13.8. The van der Waals surface area contributed by atoms with Crippen molar-refractivity contribution < 1.29 is 22.7 Å². The van der Waals surface area contributed by atoms with Gasteiger partial charge in [0.25, 0.3) is 5.56 Å². The lowest BCUT2D eigenvalue weighted by Crippen LogP contribution is -2.43. The van der Waals surface area contributed by atoms with Crippen molar-refractivity contribution >= 4 is 22.6 Å². The zero-order valence-electron chi connectivity index (χ0n) is 23.3. The van der Waals surface area contributed by atoms with Crippen LogP contribution in [0.4, 0.5) is 23.7 Å². The Balaban J connectivity index is 1.79. The second-order valence-electron chi connectivity index (χ2n) is 9.74. The molecule has 0 bridgehead atoms. The smallest absolute Gasteiger partial charge is 0.416 e. The molecule has 0 fully saturated rings. The summed E-state index contributed by atoms with van der Waals surface area (Å²) in [5.74, 6) is 0.941. The van der Waals surface area contributed by atoms with Gasteiger partial charge in [0.1, 0.15) is 11.6 Å². The van der Waals surface area contributed by atoms with Gasteiger partial charge in [0, 0.05) is 18.8 Å². The molecule has 0 saturated heterocycles. The highest BCUT2D eigenvalue weighted by molar-refractivity contribution is 5.89. The molecule has 0 saturated carbocycles. The number of carbonyl (C=O) groups excluding carboxylic acids is 1. The molecule has 4 aromatic rings. The number of anilines is 1. The highest BCUT2D eigenvalue weighted by atomic mass is 19.4. The van der Waals surface area contributed by atoms with Crippen molar-refractivity contribution in [3.63, 3.8) is 0 Å². The third-order valence-corrected chi connectivity index (χ3v) is 6.54. The van der Waals surface area contributed by atoms with Crippen LogP contribution in [-0.2, 0) is 6.18 Å². The Morgan fingerprint density at radius 1 is 1.02 bits per heavy atom. The number of ether oxygens (including phenoxy) is 1. The molecular formula is C30H32F3N5O3. The number of halogens is 3. The number of fused-ring (bicyclic) bond motifs is 1. The standard InChI is InChI=1S/C30H32F3N5O3/c1-5-41-24-15-13-23(14-16-24)38-27(35-26-12-7-6-11-25(26)28(38)39)20(2)37(18-17-36(3)4)29(40)34-22-10-8-9-21(19-22)30(31,32)33/h6-16,19-20H,5,17-18H2,1-4H3,(H,34,40). The molecule has 1 heterocycles. The van der Waals surface area contributed by atoms with Gasteiger partial charge in [0.15, 0.2) is 0 Å². The molecule has 0 aliphatic rings. The van der Waals surface area contributed by atoms with Gasteiger partial charge in [0.05, 0.1) is 34.8 Å². The Hall–Kier alpha value is -4.38. The number of rotatable bonds is 9. The van der Waals surface area contributed by atoms with E-state index in [0.29, 0.717) is 41.3 Å². The van der Waals surface area contributed by atoms with Crippen molar-refractivity contribution in [1.82, 2.24) is 19.4 Å². The molecule has 41 heavy (non-hydrogen) atoms. The normalized spacial score (nSPS) is 12.4. The van der Waals surface area contributed by atoms with Gasteiger partial charge in [-0.2, -0.15) is 13.2 Å². The summed E-state index contributed by atoms with van der Waals surface area (Å²) in [6, 6.07) is 17.0. The molecule has 8 nitrogen and oxygen atoms in total. The van der Waals surface area contributed by atoms with E-state index >= 15 is 0 Å². The van der Waals surface area contributed by atoms with Crippen LogP contribution in [0.25, 0.3) is 16.6 Å². The maximum Gasteiger partial charge on any atom is 0.416 e. The molecule has 3 aromatic carbocycles. The minimum Gasteiger partial charge on any atom is -0.494 e. The average molecular weight is 568 g/mol. The monoisotopic (exact) mass is 567 g/mol. The van der Waals surface area contributed by atoms with E-state index in [1.165, 1.54) is 21.6 Å². The predicted octanol–water partition coefficient (Wildman–Crippen LogP) is 5.96. The lowest BCUT2D eigenvalue weighted by molar-refractivity contribution is -0.137. The van der Waals surface area contributed by atoms with Crippen LogP contribution in [0.3, 0.4) is 0 Å². The van der Waals surface area contributed by atoms with Crippen LogP contribution in [-0.4, -0.2) is 59.2 Å². The highest BCUT2D eigenvalue weighted by Crippen LogP contribution is 2.31. The quantitative estimate of drug-likeness (QED) is 0.270. The van der Waals surface area contributed by atoms with Crippen LogP contribution < -0.4 is 15.6 Å². The van der Waals surface area contributed by atoms with Crippen LogP contribution >= 0.6 is 0 Å². The number of hydrogen-bond donors (Lipinski definition) is 1. The fourth-order valence-electron chi connectivity index (χ4n) is 4.42. The number of nitrogens with one attached hydrogen (secondary N) is 1. The minimum absolute atomic E-state index is 0.00209. The van der Waals surface area contributed by atoms with Gasteiger partial charge in [-0.25, -0.2) is 9.78 Å². The number of carbonyl (C=O) groups is 1. The second-order valence-corrected chi connectivity index (χ2v) is 9.74. The van der Waals surface area contributed by atoms with Crippen LogP contribution in [0.2, 0.25) is 0 Å². The third-order valence-electron chi connectivity index (χ3n) is 6.54.